The lowest BCUT2D eigenvalue weighted by atomic mass is 9.60. The molecule has 0 aromatic carbocycles. The molecule has 2 atom stereocenters. The van der Waals surface area contributed by atoms with Crippen LogP contribution in [0.3, 0.4) is 0 Å². The Bertz CT molecular complexity index is 575. The molecule has 1 fully saturated rings. The number of alkyl carbamates (subject to hydrolysis) is 2. The molecule has 0 radical (unpaired) electrons. The van der Waals surface area contributed by atoms with Gasteiger partial charge in [-0.15, -0.1) is 0 Å². The van der Waals surface area contributed by atoms with Gasteiger partial charge in [0.15, 0.2) is 6.61 Å². The third kappa shape index (κ3) is 8.32. The number of amides is 2. The summed E-state index contributed by atoms with van der Waals surface area (Å²) in [7, 11) is 2.77. The Labute approximate surface area is 161 Å². The molecule has 1 aliphatic rings. The highest BCUT2D eigenvalue weighted by atomic mass is 16.6. The Morgan fingerprint density at radius 2 is 1.81 bits per heavy atom. The van der Waals surface area contributed by atoms with E-state index in [-0.39, 0.29) is 35.5 Å². The van der Waals surface area contributed by atoms with Crippen LogP contribution >= 0.6 is 0 Å². The molecule has 8 nitrogen and oxygen atoms in total. The summed E-state index contributed by atoms with van der Waals surface area (Å²) < 4.78 is 14.6. The van der Waals surface area contributed by atoms with Crippen LogP contribution < -0.4 is 10.6 Å². The number of methoxy groups -OCH3 is 1. The van der Waals surface area contributed by atoms with Gasteiger partial charge in [0.25, 0.3) is 0 Å². The Balaban J connectivity index is 2.59. The zero-order chi connectivity index (χ0) is 20.7. The molecule has 2 unspecified atom stereocenters. The number of carbonyl (C=O) groups is 3. The van der Waals surface area contributed by atoms with E-state index in [1.165, 1.54) is 14.2 Å². The lowest BCUT2D eigenvalue weighted by molar-refractivity contribution is -0.142. The van der Waals surface area contributed by atoms with Crippen LogP contribution in [-0.4, -0.2) is 45.5 Å². The highest BCUT2D eigenvalue weighted by Crippen LogP contribution is 2.49. The molecule has 0 spiro atoms. The predicted molar refractivity (Wildman–Crippen MR) is 99.9 cm³/mol. The molecule has 0 saturated heterocycles. The first kappa shape index (κ1) is 22.8. The molecule has 0 aromatic rings. The summed E-state index contributed by atoms with van der Waals surface area (Å²) in [6.07, 6.45) is 1.78. The first-order valence-corrected chi connectivity index (χ1v) is 9.03. The average molecular weight is 384 g/mol. The third-order valence-corrected chi connectivity index (χ3v) is 4.65. The average Bonchev–Trinajstić information content (AvgIpc) is 2.55. The molecule has 0 bridgehead atoms. The van der Waals surface area contributed by atoms with Gasteiger partial charge in [0, 0.05) is 20.0 Å². The van der Waals surface area contributed by atoms with Crippen molar-refractivity contribution in [2.45, 2.75) is 46.5 Å². The van der Waals surface area contributed by atoms with E-state index in [1.807, 2.05) is 0 Å². The Kier molecular flexibility index (Phi) is 8.12. The van der Waals surface area contributed by atoms with Crippen LogP contribution in [0.25, 0.3) is 0 Å². The van der Waals surface area contributed by atoms with E-state index in [2.05, 4.69) is 42.7 Å². The summed E-state index contributed by atoms with van der Waals surface area (Å²) in [6, 6.07) is 0. The lowest BCUT2D eigenvalue weighted by Gasteiger charge is -2.46. The van der Waals surface area contributed by atoms with Crippen LogP contribution in [0.15, 0.2) is 12.3 Å². The summed E-state index contributed by atoms with van der Waals surface area (Å²) >= 11 is 0. The van der Waals surface area contributed by atoms with E-state index in [0.29, 0.717) is 6.54 Å². The van der Waals surface area contributed by atoms with Gasteiger partial charge in [-0.1, -0.05) is 27.4 Å². The van der Waals surface area contributed by atoms with E-state index in [0.717, 1.165) is 19.3 Å². The van der Waals surface area contributed by atoms with Crippen molar-refractivity contribution in [3.63, 3.8) is 0 Å². The van der Waals surface area contributed by atoms with Crippen molar-refractivity contribution in [3.8, 4) is 0 Å². The lowest BCUT2D eigenvalue weighted by Crippen LogP contribution is -2.44. The SMILES string of the molecule is C=C(COC(=O)NC)OC(=O)CC1CC(C)(C)CC(C)(CNC(=O)OC)C1. The molecule has 0 aromatic heterocycles. The molecule has 8 heteroatoms. The predicted octanol–water partition coefficient (Wildman–Crippen LogP) is 2.98. The summed E-state index contributed by atoms with van der Waals surface area (Å²) in [5.41, 5.74) is -0.102. The van der Waals surface area contributed by atoms with Crippen LogP contribution in [0.2, 0.25) is 0 Å². The van der Waals surface area contributed by atoms with Crippen LogP contribution in [0, 0.1) is 16.7 Å². The quantitative estimate of drug-likeness (QED) is 0.397. The highest BCUT2D eigenvalue weighted by molar-refractivity contribution is 5.71. The van der Waals surface area contributed by atoms with Crippen molar-refractivity contribution in [1.82, 2.24) is 10.6 Å². The third-order valence-electron chi connectivity index (χ3n) is 4.65. The van der Waals surface area contributed by atoms with E-state index < -0.39 is 18.2 Å². The second-order valence-electron chi connectivity index (χ2n) is 8.31. The van der Waals surface area contributed by atoms with Crippen molar-refractivity contribution in [3.05, 3.63) is 12.3 Å². The Hall–Kier alpha value is -2.25. The topological polar surface area (TPSA) is 103 Å². The van der Waals surface area contributed by atoms with Gasteiger partial charge >= 0.3 is 18.2 Å². The van der Waals surface area contributed by atoms with Gasteiger partial charge in [-0.3, -0.25) is 4.79 Å². The minimum atomic E-state index is -0.616. The van der Waals surface area contributed by atoms with Crippen molar-refractivity contribution < 1.29 is 28.6 Å². The zero-order valence-electron chi connectivity index (χ0n) is 17.0. The monoisotopic (exact) mass is 384 g/mol. The van der Waals surface area contributed by atoms with Crippen LogP contribution in [0.1, 0.15) is 46.5 Å². The molecule has 154 valence electrons. The first-order valence-electron chi connectivity index (χ1n) is 9.03. The van der Waals surface area contributed by atoms with Crippen molar-refractivity contribution >= 4 is 18.2 Å². The second kappa shape index (κ2) is 9.62. The number of esters is 1. The van der Waals surface area contributed by atoms with Gasteiger partial charge in [-0.2, -0.15) is 0 Å². The smallest absolute Gasteiger partial charge is 0.407 e. The molecule has 27 heavy (non-hydrogen) atoms. The summed E-state index contributed by atoms with van der Waals surface area (Å²) in [5, 5.41) is 5.07. The fourth-order valence-corrected chi connectivity index (χ4v) is 4.17. The van der Waals surface area contributed by atoms with Gasteiger partial charge in [0.1, 0.15) is 5.76 Å². The van der Waals surface area contributed by atoms with Gasteiger partial charge in [0.2, 0.25) is 0 Å². The van der Waals surface area contributed by atoms with Crippen LogP contribution in [-0.2, 0) is 19.0 Å². The standard InChI is InChI=1S/C19H32N2O6/c1-13(10-26-16(23)20-5)27-15(22)7-14-8-18(2,3)11-19(4,9-14)12-21-17(24)25-6/h14H,1,7-12H2,2-6H3,(H,20,23)(H,21,24). The minimum absolute atomic E-state index is 0.0368. The van der Waals surface area contributed by atoms with Crippen LogP contribution in [0.4, 0.5) is 9.59 Å². The molecule has 2 amide bonds. The maximum atomic E-state index is 12.2. The highest BCUT2D eigenvalue weighted by Gasteiger charge is 2.42. The largest absolute Gasteiger partial charge is 0.453 e. The molecule has 0 heterocycles. The summed E-state index contributed by atoms with van der Waals surface area (Å²) in [5.74, 6) is -0.182. The number of carbonyl (C=O) groups excluding carboxylic acids is 3. The molecule has 1 saturated carbocycles. The number of rotatable bonds is 7. The molecule has 0 aliphatic heterocycles. The van der Waals surface area contributed by atoms with Gasteiger partial charge in [-0.05, 0) is 36.0 Å². The Morgan fingerprint density at radius 3 is 2.41 bits per heavy atom. The summed E-state index contributed by atoms with van der Waals surface area (Å²) in [4.78, 5) is 34.7. The fraction of sp³-hybridized carbons (Fsp3) is 0.737. The van der Waals surface area contributed by atoms with Crippen molar-refractivity contribution in [2.75, 3.05) is 27.3 Å². The van der Waals surface area contributed by atoms with E-state index >= 15 is 0 Å². The molecule has 1 rings (SSSR count). The molecular weight excluding hydrogens is 352 g/mol. The number of hydrogen-bond donors (Lipinski definition) is 2. The second-order valence-corrected chi connectivity index (χ2v) is 8.31. The number of ether oxygens (including phenoxy) is 3. The van der Waals surface area contributed by atoms with Gasteiger partial charge in [-0.25, -0.2) is 9.59 Å². The fourth-order valence-electron chi connectivity index (χ4n) is 4.17. The van der Waals surface area contributed by atoms with Crippen molar-refractivity contribution in [2.24, 2.45) is 16.7 Å². The maximum Gasteiger partial charge on any atom is 0.407 e. The molecular formula is C19H32N2O6. The number of hydrogen-bond acceptors (Lipinski definition) is 6. The van der Waals surface area contributed by atoms with Gasteiger partial charge < -0.3 is 24.8 Å². The normalized spacial score (nSPS) is 23.7. The van der Waals surface area contributed by atoms with E-state index in [4.69, 9.17) is 9.47 Å². The first-order chi connectivity index (χ1) is 12.5. The summed E-state index contributed by atoms with van der Waals surface area (Å²) in [6.45, 7) is 10.3. The maximum absolute atomic E-state index is 12.2. The van der Waals surface area contributed by atoms with Crippen LogP contribution in [0.5, 0.6) is 0 Å². The zero-order valence-corrected chi connectivity index (χ0v) is 17.0. The van der Waals surface area contributed by atoms with E-state index in [1.54, 1.807) is 0 Å². The Morgan fingerprint density at radius 1 is 1.15 bits per heavy atom. The van der Waals surface area contributed by atoms with Crippen molar-refractivity contribution in [1.29, 1.82) is 0 Å². The molecule has 1 aliphatic carbocycles. The minimum Gasteiger partial charge on any atom is -0.453 e. The van der Waals surface area contributed by atoms with Gasteiger partial charge in [0.05, 0.1) is 7.11 Å². The number of nitrogens with one attached hydrogen (secondary N) is 2. The van der Waals surface area contributed by atoms with E-state index in [9.17, 15) is 14.4 Å². The molecule has 2 N–H and O–H groups in total.